The molecule has 0 radical (unpaired) electrons. The molecule has 0 fully saturated rings. The minimum absolute atomic E-state index is 0.0349. The minimum Gasteiger partial charge on any atom is -0.508 e. The summed E-state index contributed by atoms with van der Waals surface area (Å²) < 4.78 is 5.90. The molecule has 23 heavy (non-hydrogen) atoms. The van der Waals surface area contributed by atoms with Gasteiger partial charge in [-0.2, -0.15) is 0 Å². The van der Waals surface area contributed by atoms with Crippen molar-refractivity contribution in [2.75, 3.05) is 6.61 Å². The summed E-state index contributed by atoms with van der Waals surface area (Å²) >= 11 is 3.29. The van der Waals surface area contributed by atoms with E-state index in [2.05, 4.69) is 15.9 Å². The first-order chi connectivity index (χ1) is 11.0. The van der Waals surface area contributed by atoms with Crippen molar-refractivity contribution in [2.45, 2.75) is 13.3 Å². The maximum Gasteiger partial charge on any atom is 0.189 e. The normalized spacial score (nSPS) is 15.0. The van der Waals surface area contributed by atoms with Crippen LogP contribution in [0.15, 0.2) is 40.4 Å². The van der Waals surface area contributed by atoms with Crippen LogP contribution in [-0.4, -0.2) is 22.6 Å². The summed E-state index contributed by atoms with van der Waals surface area (Å²) in [7, 11) is 0. The fourth-order valence-corrected chi connectivity index (χ4v) is 3.14. The third-order valence-corrected chi connectivity index (χ3v) is 4.35. The third kappa shape index (κ3) is 2.84. The second-order valence-electron chi connectivity index (χ2n) is 5.26. The van der Waals surface area contributed by atoms with E-state index in [1.165, 1.54) is 0 Å². The maximum atomic E-state index is 12.4. The van der Waals surface area contributed by atoms with Crippen LogP contribution in [0.2, 0.25) is 0 Å². The highest BCUT2D eigenvalue weighted by Gasteiger charge is 2.27. The highest BCUT2D eigenvalue weighted by Crippen LogP contribution is 2.38. The van der Waals surface area contributed by atoms with E-state index in [9.17, 15) is 15.0 Å². The molecule has 0 spiro atoms. The summed E-state index contributed by atoms with van der Waals surface area (Å²) in [6, 6.07) is 8.38. The average molecular weight is 375 g/mol. The van der Waals surface area contributed by atoms with Gasteiger partial charge in [0.1, 0.15) is 5.75 Å². The van der Waals surface area contributed by atoms with Gasteiger partial charge in [0.2, 0.25) is 0 Å². The molecule has 0 heterocycles. The molecule has 118 valence electrons. The summed E-state index contributed by atoms with van der Waals surface area (Å²) in [5.74, 6) is 0.450. The molecule has 2 N–H and O–H groups in total. The molecule has 0 unspecified atom stereocenters. The number of ether oxygens (including phenoxy) is 1. The lowest BCUT2D eigenvalue weighted by atomic mass is 10.1. The third-order valence-electron chi connectivity index (χ3n) is 3.75. The fraction of sp³-hybridized carbons (Fsp3) is 0.167. The molecule has 5 heteroatoms. The van der Waals surface area contributed by atoms with E-state index in [-0.39, 0.29) is 17.3 Å². The summed E-state index contributed by atoms with van der Waals surface area (Å²) in [5, 5.41) is 19.8. The van der Waals surface area contributed by atoms with Crippen LogP contribution in [0.25, 0.3) is 6.08 Å². The molecule has 0 atom stereocenters. The van der Waals surface area contributed by atoms with E-state index in [0.717, 1.165) is 5.56 Å². The second kappa shape index (κ2) is 6.08. The highest BCUT2D eigenvalue weighted by molar-refractivity contribution is 9.10. The van der Waals surface area contributed by atoms with E-state index in [1.807, 2.05) is 6.92 Å². The number of hydrogen-bond donors (Lipinski definition) is 2. The predicted molar refractivity (Wildman–Crippen MR) is 91.1 cm³/mol. The van der Waals surface area contributed by atoms with E-state index in [1.54, 1.807) is 36.4 Å². The second-order valence-corrected chi connectivity index (χ2v) is 6.12. The summed E-state index contributed by atoms with van der Waals surface area (Å²) in [6.07, 6.45) is 2.15. The quantitative estimate of drug-likeness (QED) is 0.794. The van der Waals surface area contributed by atoms with E-state index < -0.39 is 0 Å². The number of fused-ring (bicyclic) bond motifs is 1. The SMILES string of the molecule is CCOc1cc(/C=C2/Cc3c(O)cccc3C2=O)cc(Br)c1O. The van der Waals surface area contributed by atoms with Crippen LogP contribution >= 0.6 is 15.9 Å². The number of halogens is 1. The van der Waals surface area contributed by atoms with Crippen molar-refractivity contribution in [2.24, 2.45) is 0 Å². The van der Waals surface area contributed by atoms with Crippen LogP contribution in [-0.2, 0) is 6.42 Å². The number of hydrogen-bond acceptors (Lipinski definition) is 4. The van der Waals surface area contributed by atoms with Crippen LogP contribution in [0, 0.1) is 0 Å². The number of carbonyl (C=O) groups is 1. The zero-order chi connectivity index (χ0) is 16.6. The monoisotopic (exact) mass is 374 g/mol. The van der Waals surface area contributed by atoms with Gasteiger partial charge in [0.05, 0.1) is 11.1 Å². The molecule has 3 rings (SSSR count). The van der Waals surface area contributed by atoms with E-state index >= 15 is 0 Å². The Morgan fingerprint density at radius 1 is 1.30 bits per heavy atom. The summed E-state index contributed by atoms with van der Waals surface area (Å²) in [6.45, 7) is 2.26. The van der Waals surface area contributed by atoms with Crippen LogP contribution in [0.3, 0.4) is 0 Å². The van der Waals surface area contributed by atoms with Gasteiger partial charge in [-0.15, -0.1) is 0 Å². The lowest BCUT2D eigenvalue weighted by molar-refractivity contribution is 0.104. The topological polar surface area (TPSA) is 66.8 Å². The van der Waals surface area contributed by atoms with Crippen LogP contribution < -0.4 is 4.74 Å². The number of phenols is 2. The molecule has 1 aliphatic carbocycles. The molecule has 4 nitrogen and oxygen atoms in total. The largest absolute Gasteiger partial charge is 0.508 e. The molecule has 0 saturated heterocycles. The van der Waals surface area contributed by atoms with Gasteiger partial charge in [-0.25, -0.2) is 0 Å². The number of Topliss-reactive ketones (excluding diaryl/α,β-unsaturated/α-hetero) is 1. The molecule has 0 saturated carbocycles. The molecular weight excluding hydrogens is 360 g/mol. The Balaban J connectivity index is 2.01. The molecule has 1 aliphatic rings. The van der Waals surface area contributed by atoms with E-state index in [4.69, 9.17) is 4.74 Å². The predicted octanol–water partition coefficient (Wildman–Crippen LogP) is 4.08. The van der Waals surface area contributed by atoms with Crippen molar-refractivity contribution >= 4 is 27.8 Å². The maximum absolute atomic E-state index is 12.4. The molecular formula is C18H15BrO4. The number of allylic oxidation sites excluding steroid dienone is 1. The number of carbonyl (C=O) groups excluding carboxylic acids is 1. The number of benzene rings is 2. The molecule has 0 amide bonds. The Morgan fingerprint density at radius 3 is 2.78 bits per heavy atom. The Kier molecular flexibility index (Phi) is 4.13. The molecule has 0 aliphatic heterocycles. The fourth-order valence-electron chi connectivity index (χ4n) is 2.68. The Bertz CT molecular complexity index is 824. The Morgan fingerprint density at radius 2 is 2.09 bits per heavy atom. The van der Waals surface area contributed by atoms with Crippen molar-refractivity contribution in [3.05, 3.63) is 57.1 Å². The molecule has 0 aromatic heterocycles. The molecule has 2 aromatic rings. The van der Waals surface area contributed by atoms with Crippen molar-refractivity contribution in [3.8, 4) is 17.2 Å². The van der Waals surface area contributed by atoms with Crippen molar-refractivity contribution in [1.29, 1.82) is 0 Å². The summed E-state index contributed by atoms with van der Waals surface area (Å²) in [4.78, 5) is 12.4. The number of aromatic hydroxyl groups is 2. The highest BCUT2D eigenvalue weighted by atomic mass is 79.9. The van der Waals surface area contributed by atoms with Crippen molar-refractivity contribution in [3.63, 3.8) is 0 Å². The van der Waals surface area contributed by atoms with Crippen LogP contribution in [0.5, 0.6) is 17.2 Å². The Labute approximate surface area is 142 Å². The average Bonchev–Trinajstić information content (AvgIpc) is 2.83. The van der Waals surface area contributed by atoms with E-state index in [0.29, 0.717) is 39.9 Å². The summed E-state index contributed by atoms with van der Waals surface area (Å²) in [5.41, 5.74) is 2.54. The first-order valence-electron chi connectivity index (χ1n) is 7.22. The lowest BCUT2D eigenvalue weighted by Gasteiger charge is -2.09. The first-order valence-corrected chi connectivity index (χ1v) is 8.02. The smallest absolute Gasteiger partial charge is 0.189 e. The number of ketones is 1. The van der Waals surface area contributed by atoms with Gasteiger partial charge >= 0.3 is 0 Å². The first kappa shape index (κ1) is 15.6. The van der Waals surface area contributed by atoms with Crippen molar-refractivity contribution < 1.29 is 19.7 Å². The van der Waals surface area contributed by atoms with Gasteiger partial charge in [0.15, 0.2) is 17.3 Å². The van der Waals surface area contributed by atoms with Gasteiger partial charge in [-0.3, -0.25) is 4.79 Å². The lowest BCUT2D eigenvalue weighted by Crippen LogP contribution is -1.96. The molecule has 2 aromatic carbocycles. The zero-order valence-corrected chi connectivity index (χ0v) is 14.1. The van der Waals surface area contributed by atoms with Gasteiger partial charge in [-0.05, 0) is 52.7 Å². The standard InChI is InChI=1S/C18H15BrO4/c1-2-23-16-8-10(7-14(19)18(16)22)6-11-9-13-12(17(11)21)4-3-5-15(13)20/h3-8,20,22H,2,9H2,1H3/b11-6-. The minimum atomic E-state index is -0.0851. The Hall–Kier alpha value is -2.27. The van der Waals surface area contributed by atoms with Gasteiger partial charge < -0.3 is 14.9 Å². The van der Waals surface area contributed by atoms with Gasteiger partial charge in [0, 0.05) is 23.1 Å². The van der Waals surface area contributed by atoms with Crippen LogP contribution in [0.1, 0.15) is 28.4 Å². The zero-order valence-electron chi connectivity index (χ0n) is 12.5. The number of phenolic OH excluding ortho intramolecular Hbond substituents is 2. The van der Waals surface area contributed by atoms with Gasteiger partial charge in [0.25, 0.3) is 0 Å². The van der Waals surface area contributed by atoms with Crippen LogP contribution in [0.4, 0.5) is 0 Å². The van der Waals surface area contributed by atoms with Crippen molar-refractivity contribution in [1.82, 2.24) is 0 Å². The van der Waals surface area contributed by atoms with Gasteiger partial charge in [-0.1, -0.05) is 12.1 Å². The molecule has 0 bridgehead atoms. The number of rotatable bonds is 3.